The number of benzene rings is 3. The van der Waals surface area contributed by atoms with Crippen LogP contribution in [0.1, 0.15) is 27.3 Å². The van der Waals surface area contributed by atoms with E-state index < -0.39 is 30.7 Å². The lowest BCUT2D eigenvalue weighted by Gasteiger charge is -2.13. The highest BCUT2D eigenvalue weighted by atomic mass is 19.4. The highest BCUT2D eigenvalue weighted by Gasteiger charge is 2.45. The molecular formula is C27H17F5N4O4. The van der Waals surface area contributed by atoms with Gasteiger partial charge in [0.25, 0.3) is 5.91 Å². The first-order valence-electron chi connectivity index (χ1n) is 11.8. The van der Waals surface area contributed by atoms with Crippen molar-refractivity contribution < 1.29 is 36.2 Å². The second kappa shape index (κ2) is 9.07. The highest BCUT2D eigenvalue weighted by molar-refractivity contribution is 5.97. The SMILES string of the molecule is O=C(NCc1ccc2c(=O)cc[nH]c2c1)c1ccc2c(c1)nc(C(F)(F)F)n2Cc1cccc2c1OC(F)(F)O2. The second-order valence-electron chi connectivity index (χ2n) is 9.04. The molecule has 204 valence electrons. The Morgan fingerprint density at radius 3 is 2.67 bits per heavy atom. The Hall–Kier alpha value is -4.94. The first-order valence-corrected chi connectivity index (χ1v) is 11.8. The molecule has 6 rings (SSSR count). The Labute approximate surface area is 221 Å². The summed E-state index contributed by atoms with van der Waals surface area (Å²) in [6.07, 6.45) is -7.30. The van der Waals surface area contributed by atoms with E-state index in [4.69, 9.17) is 0 Å². The van der Waals surface area contributed by atoms with E-state index in [-0.39, 0.29) is 45.6 Å². The molecule has 0 fully saturated rings. The van der Waals surface area contributed by atoms with Crippen LogP contribution >= 0.6 is 0 Å². The summed E-state index contributed by atoms with van der Waals surface area (Å²) >= 11 is 0. The zero-order valence-corrected chi connectivity index (χ0v) is 20.2. The number of aromatic amines is 1. The minimum atomic E-state index is -4.88. The maximum Gasteiger partial charge on any atom is 0.586 e. The third-order valence-corrected chi connectivity index (χ3v) is 6.38. The maximum atomic E-state index is 13.9. The van der Waals surface area contributed by atoms with E-state index in [1.165, 1.54) is 48.7 Å². The molecule has 3 heterocycles. The monoisotopic (exact) mass is 556 g/mol. The molecule has 0 radical (unpaired) electrons. The van der Waals surface area contributed by atoms with Gasteiger partial charge in [-0.2, -0.15) is 13.2 Å². The summed E-state index contributed by atoms with van der Waals surface area (Å²) in [5, 5.41) is 3.19. The molecule has 1 aliphatic heterocycles. The van der Waals surface area contributed by atoms with Crippen LogP contribution in [0.2, 0.25) is 0 Å². The molecule has 5 aromatic rings. The smallest absolute Gasteiger partial charge is 0.395 e. The summed E-state index contributed by atoms with van der Waals surface area (Å²) in [4.78, 5) is 31.4. The average molecular weight is 556 g/mol. The third kappa shape index (κ3) is 4.59. The number of ether oxygens (including phenoxy) is 2. The lowest BCUT2D eigenvalue weighted by atomic mass is 10.1. The molecule has 1 amide bonds. The van der Waals surface area contributed by atoms with Crippen LogP contribution in [0.15, 0.2) is 71.7 Å². The lowest BCUT2D eigenvalue weighted by Crippen LogP contribution is -2.26. The Morgan fingerprint density at radius 2 is 1.88 bits per heavy atom. The zero-order valence-electron chi connectivity index (χ0n) is 20.2. The summed E-state index contributed by atoms with van der Waals surface area (Å²) in [5.74, 6) is -2.48. The van der Waals surface area contributed by atoms with Gasteiger partial charge in [0.1, 0.15) is 0 Å². The highest BCUT2D eigenvalue weighted by Crippen LogP contribution is 2.44. The summed E-state index contributed by atoms with van der Waals surface area (Å²) in [6.45, 7) is -0.401. The van der Waals surface area contributed by atoms with Gasteiger partial charge in [-0.3, -0.25) is 9.59 Å². The number of hydrogen-bond donors (Lipinski definition) is 2. The van der Waals surface area contributed by atoms with Crippen LogP contribution < -0.4 is 20.2 Å². The molecule has 1 aliphatic rings. The number of pyridine rings is 1. The topological polar surface area (TPSA) is 98.2 Å². The average Bonchev–Trinajstić information content (AvgIpc) is 3.43. The van der Waals surface area contributed by atoms with Crippen LogP contribution in [0.4, 0.5) is 22.0 Å². The predicted molar refractivity (Wildman–Crippen MR) is 132 cm³/mol. The van der Waals surface area contributed by atoms with Gasteiger partial charge in [-0.25, -0.2) is 4.98 Å². The summed E-state index contributed by atoms with van der Waals surface area (Å²) in [5.41, 5.74) is 1.15. The van der Waals surface area contributed by atoms with Crippen LogP contribution in [0.25, 0.3) is 21.9 Å². The molecule has 0 saturated carbocycles. The van der Waals surface area contributed by atoms with E-state index in [0.29, 0.717) is 16.5 Å². The largest absolute Gasteiger partial charge is 0.586 e. The standard InChI is InChI=1S/C27H17F5N4O4/c28-26(29,30)25-35-19-11-15(24(38)34-12-14-4-6-17-18(10-14)33-9-8-21(17)37)5-7-20(19)36(25)13-16-2-1-3-22-23(16)40-27(31,32)39-22/h1-11H,12-13H2,(H,33,37)(H,34,38). The van der Waals surface area contributed by atoms with Crippen molar-refractivity contribution in [1.29, 1.82) is 0 Å². The van der Waals surface area contributed by atoms with Crippen molar-refractivity contribution >= 4 is 27.8 Å². The van der Waals surface area contributed by atoms with Crippen molar-refractivity contribution in [2.45, 2.75) is 25.6 Å². The van der Waals surface area contributed by atoms with Crippen LogP contribution in [-0.4, -0.2) is 26.7 Å². The molecule has 0 aliphatic carbocycles. The van der Waals surface area contributed by atoms with Crippen LogP contribution in [0, 0.1) is 0 Å². The second-order valence-corrected chi connectivity index (χ2v) is 9.04. The van der Waals surface area contributed by atoms with E-state index in [0.717, 1.165) is 4.57 Å². The number of carbonyl (C=O) groups is 1. The quantitative estimate of drug-likeness (QED) is 0.290. The number of rotatable bonds is 5. The van der Waals surface area contributed by atoms with Gasteiger partial charge in [-0.05, 0) is 42.0 Å². The molecule has 0 unspecified atom stereocenters. The van der Waals surface area contributed by atoms with Crippen molar-refractivity contribution in [3.05, 3.63) is 99.6 Å². The van der Waals surface area contributed by atoms with Crippen molar-refractivity contribution in [3.8, 4) is 11.5 Å². The van der Waals surface area contributed by atoms with E-state index in [2.05, 4.69) is 24.8 Å². The Morgan fingerprint density at radius 1 is 1.05 bits per heavy atom. The Balaban J connectivity index is 1.28. The minimum absolute atomic E-state index is 0.0259. The van der Waals surface area contributed by atoms with E-state index in [9.17, 15) is 31.5 Å². The van der Waals surface area contributed by atoms with Gasteiger partial charge >= 0.3 is 12.5 Å². The summed E-state index contributed by atoms with van der Waals surface area (Å²) in [6, 6.07) is 14.2. The number of carbonyl (C=O) groups excluding carboxylic acids is 1. The first kappa shape index (κ1) is 25.3. The fourth-order valence-electron chi connectivity index (χ4n) is 4.58. The predicted octanol–water partition coefficient (Wildman–Crippen LogP) is 5.20. The Bertz CT molecular complexity index is 1860. The first-order chi connectivity index (χ1) is 19.0. The molecule has 0 bridgehead atoms. The number of halogens is 5. The van der Waals surface area contributed by atoms with Gasteiger partial charge in [-0.15, -0.1) is 8.78 Å². The number of fused-ring (bicyclic) bond motifs is 3. The number of nitrogens with one attached hydrogen (secondary N) is 2. The molecule has 0 saturated heterocycles. The molecule has 2 N–H and O–H groups in total. The number of aromatic nitrogens is 3. The van der Waals surface area contributed by atoms with Crippen molar-refractivity contribution in [2.75, 3.05) is 0 Å². The number of imidazole rings is 1. The molecular weight excluding hydrogens is 539 g/mol. The van der Waals surface area contributed by atoms with Crippen molar-refractivity contribution in [3.63, 3.8) is 0 Å². The molecule has 3 aromatic carbocycles. The number of H-pyrrole nitrogens is 1. The number of alkyl halides is 5. The van der Waals surface area contributed by atoms with Crippen molar-refractivity contribution in [1.82, 2.24) is 19.9 Å². The van der Waals surface area contributed by atoms with Gasteiger partial charge in [0.2, 0.25) is 5.82 Å². The van der Waals surface area contributed by atoms with Crippen LogP contribution in [-0.2, 0) is 19.3 Å². The van der Waals surface area contributed by atoms with Gasteiger partial charge in [0.15, 0.2) is 16.9 Å². The number of para-hydroxylation sites is 1. The fraction of sp³-hybridized carbons (Fsp3) is 0.148. The van der Waals surface area contributed by atoms with E-state index in [1.807, 2.05) is 0 Å². The lowest BCUT2D eigenvalue weighted by molar-refractivity contribution is -0.287. The molecule has 0 atom stereocenters. The van der Waals surface area contributed by atoms with Gasteiger partial charge in [0.05, 0.1) is 17.6 Å². The van der Waals surface area contributed by atoms with Gasteiger partial charge in [-0.1, -0.05) is 18.2 Å². The number of nitrogens with zero attached hydrogens (tertiary/aromatic N) is 2. The third-order valence-electron chi connectivity index (χ3n) is 6.38. The maximum absolute atomic E-state index is 13.9. The molecule has 0 spiro atoms. The molecule has 2 aromatic heterocycles. The van der Waals surface area contributed by atoms with Crippen LogP contribution in [0.3, 0.4) is 0 Å². The molecule has 13 heteroatoms. The Kier molecular flexibility index (Phi) is 5.75. The van der Waals surface area contributed by atoms with Gasteiger partial charge < -0.3 is 24.3 Å². The van der Waals surface area contributed by atoms with Crippen molar-refractivity contribution in [2.24, 2.45) is 0 Å². The number of amides is 1. The summed E-state index contributed by atoms with van der Waals surface area (Å²) < 4.78 is 78.7. The number of hydrogen-bond acceptors (Lipinski definition) is 5. The summed E-state index contributed by atoms with van der Waals surface area (Å²) in [7, 11) is 0. The van der Waals surface area contributed by atoms with E-state index >= 15 is 0 Å². The van der Waals surface area contributed by atoms with E-state index in [1.54, 1.807) is 18.2 Å². The molecule has 8 nitrogen and oxygen atoms in total. The van der Waals surface area contributed by atoms with Gasteiger partial charge in [0, 0.05) is 40.8 Å². The fourth-order valence-corrected chi connectivity index (χ4v) is 4.58. The zero-order chi connectivity index (χ0) is 28.2. The molecule has 40 heavy (non-hydrogen) atoms. The van der Waals surface area contributed by atoms with Crippen LogP contribution in [0.5, 0.6) is 11.5 Å². The normalized spacial score (nSPS) is 14.1. The minimum Gasteiger partial charge on any atom is -0.395 e.